The van der Waals surface area contributed by atoms with E-state index in [1.165, 1.54) is 0 Å². The molecule has 1 aromatic rings. The maximum absolute atomic E-state index is 9.03. The molecule has 0 saturated carbocycles. The van der Waals surface area contributed by atoms with Gasteiger partial charge in [-0.3, -0.25) is 0 Å². The van der Waals surface area contributed by atoms with Crippen LogP contribution >= 0.6 is 0 Å². The monoisotopic (exact) mass is 292 g/mol. The van der Waals surface area contributed by atoms with Gasteiger partial charge in [0.1, 0.15) is 5.82 Å². The molecule has 0 spiro atoms. The molecule has 2 rings (SSSR count). The second-order valence-electron chi connectivity index (χ2n) is 6.79. The Morgan fingerprint density at radius 2 is 1.90 bits per heavy atom. The van der Waals surface area contributed by atoms with Gasteiger partial charge in [-0.25, -0.2) is 4.98 Å². The number of oxime groups is 1. The standard InChI is InChI=1S/C15H24N4O2/c1-10-6-7-17-13(11(10)12(16)18-20)19-8-14(2,3)21-15(4,5)9-19/h6-7,20H,8-9H2,1-5H3,(H2,16,18). The number of nitrogens with two attached hydrogens (primary N) is 1. The molecular weight excluding hydrogens is 268 g/mol. The second kappa shape index (κ2) is 5.18. The van der Waals surface area contributed by atoms with Gasteiger partial charge in [-0.2, -0.15) is 0 Å². The van der Waals surface area contributed by atoms with E-state index >= 15 is 0 Å². The zero-order chi connectivity index (χ0) is 15.8. The molecule has 0 aliphatic carbocycles. The van der Waals surface area contributed by atoms with Crippen LogP contribution in [0.1, 0.15) is 38.8 Å². The summed E-state index contributed by atoms with van der Waals surface area (Å²) in [6.45, 7) is 11.5. The van der Waals surface area contributed by atoms with Crippen LogP contribution in [0.3, 0.4) is 0 Å². The highest BCUT2D eigenvalue weighted by Crippen LogP contribution is 2.32. The van der Waals surface area contributed by atoms with E-state index in [0.717, 1.165) is 11.4 Å². The van der Waals surface area contributed by atoms with Crippen LogP contribution in [-0.2, 0) is 4.74 Å². The van der Waals surface area contributed by atoms with E-state index in [1.54, 1.807) is 6.20 Å². The van der Waals surface area contributed by atoms with E-state index in [4.69, 9.17) is 15.7 Å². The number of aromatic nitrogens is 1. The molecule has 3 N–H and O–H groups in total. The molecule has 6 nitrogen and oxygen atoms in total. The summed E-state index contributed by atoms with van der Waals surface area (Å²) in [5.41, 5.74) is 6.85. The van der Waals surface area contributed by atoms with Crippen molar-refractivity contribution in [3.8, 4) is 0 Å². The minimum Gasteiger partial charge on any atom is -0.409 e. The second-order valence-corrected chi connectivity index (χ2v) is 6.79. The number of nitrogens with zero attached hydrogens (tertiary/aromatic N) is 3. The predicted octanol–water partition coefficient (Wildman–Crippen LogP) is 1.88. The fourth-order valence-electron chi connectivity index (χ4n) is 3.09. The highest BCUT2D eigenvalue weighted by atomic mass is 16.5. The minimum atomic E-state index is -0.296. The number of anilines is 1. The minimum absolute atomic E-state index is 0.0812. The summed E-state index contributed by atoms with van der Waals surface area (Å²) in [5.74, 6) is 0.812. The maximum atomic E-state index is 9.03. The zero-order valence-corrected chi connectivity index (χ0v) is 13.3. The Kier molecular flexibility index (Phi) is 3.84. The third-order valence-corrected chi connectivity index (χ3v) is 3.50. The van der Waals surface area contributed by atoms with E-state index in [1.807, 2.05) is 13.0 Å². The molecular formula is C15H24N4O2. The lowest BCUT2D eigenvalue weighted by molar-refractivity contribution is -0.133. The average Bonchev–Trinajstić information content (AvgIpc) is 2.33. The van der Waals surface area contributed by atoms with Crippen molar-refractivity contribution in [3.05, 3.63) is 23.4 Å². The Bertz CT molecular complexity index is 551. The summed E-state index contributed by atoms with van der Waals surface area (Å²) < 4.78 is 6.09. The van der Waals surface area contributed by atoms with Gasteiger partial charge in [-0.15, -0.1) is 0 Å². The Morgan fingerprint density at radius 1 is 1.33 bits per heavy atom. The molecule has 1 fully saturated rings. The lowest BCUT2D eigenvalue weighted by Gasteiger charge is -2.48. The van der Waals surface area contributed by atoms with Gasteiger partial charge >= 0.3 is 0 Å². The van der Waals surface area contributed by atoms with Crippen LogP contribution in [0.2, 0.25) is 0 Å². The van der Waals surface area contributed by atoms with Gasteiger partial charge in [-0.1, -0.05) is 5.16 Å². The summed E-state index contributed by atoms with van der Waals surface area (Å²) in [7, 11) is 0. The Morgan fingerprint density at radius 3 is 2.43 bits per heavy atom. The summed E-state index contributed by atoms with van der Waals surface area (Å²) in [4.78, 5) is 6.60. The molecule has 0 aromatic carbocycles. The van der Waals surface area contributed by atoms with Crippen LogP contribution in [-0.4, -0.2) is 40.3 Å². The molecule has 6 heteroatoms. The van der Waals surface area contributed by atoms with Gasteiger partial charge in [0.05, 0.1) is 16.8 Å². The van der Waals surface area contributed by atoms with Crippen LogP contribution in [0.15, 0.2) is 17.4 Å². The van der Waals surface area contributed by atoms with Gasteiger partial charge in [0.15, 0.2) is 5.84 Å². The number of hydrogen-bond acceptors (Lipinski definition) is 5. The first-order valence-electron chi connectivity index (χ1n) is 7.04. The first-order chi connectivity index (χ1) is 9.65. The van der Waals surface area contributed by atoms with Crippen LogP contribution in [0.4, 0.5) is 5.82 Å². The molecule has 1 saturated heterocycles. The fraction of sp³-hybridized carbons (Fsp3) is 0.600. The highest BCUT2D eigenvalue weighted by Gasteiger charge is 2.39. The van der Waals surface area contributed by atoms with E-state index < -0.39 is 0 Å². The molecule has 21 heavy (non-hydrogen) atoms. The van der Waals surface area contributed by atoms with Crippen LogP contribution < -0.4 is 10.6 Å². The molecule has 0 bridgehead atoms. The van der Waals surface area contributed by atoms with Crippen molar-refractivity contribution in [2.45, 2.75) is 45.8 Å². The van der Waals surface area contributed by atoms with Gasteiger partial charge in [-0.05, 0) is 46.2 Å². The van der Waals surface area contributed by atoms with Crippen molar-refractivity contribution < 1.29 is 9.94 Å². The smallest absolute Gasteiger partial charge is 0.174 e. The van der Waals surface area contributed by atoms with Crippen LogP contribution in [0.5, 0.6) is 0 Å². The number of ether oxygens (including phenoxy) is 1. The third-order valence-electron chi connectivity index (χ3n) is 3.50. The average molecular weight is 292 g/mol. The predicted molar refractivity (Wildman–Crippen MR) is 82.9 cm³/mol. The lowest BCUT2D eigenvalue weighted by atomic mass is 9.98. The first kappa shape index (κ1) is 15.6. The Labute approximate surface area is 125 Å². The quantitative estimate of drug-likeness (QED) is 0.376. The van der Waals surface area contributed by atoms with E-state index in [9.17, 15) is 0 Å². The summed E-state index contributed by atoms with van der Waals surface area (Å²) in [6.07, 6.45) is 1.74. The summed E-state index contributed by atoms with van der Waals surface area (Å²) >= 11 is 0. The topological polar surface area (TPSA) is 84.0 Å². The van der Waals surface area contributed by atoms with Crippen molar-refractivity contribution >= 4 is 11.7 Å². The maximum Gasteiger partial charge on any atom is 0.174 e. The lowest BCUT2D eigenvalue weighted by Crippen LogP contribution is -2.57. The van der Waals surface area contributed by atoms with E-state index in [2.05, 4.69) is 42.7 Å². The number of hydrogen-bond donors (Lipinski definition) is 2. The largest absolute Gasteiger partial charge is 0.409 e. The first-order valence-corrected chi connectivity index (χ1v) is 7.04. The van der Waals surface area contributed by atoms with Gasteiger partial charge in [0.2, 0.25) is 0 Å². The van der Waals surface area contributed by atoms with Crippen molar-refractivity contribution in [2.75, 3.05) is 18.0 Å². The highest BCUT2D eigenvalue weighted by molar-refractivity contribution is 6.02. The molecule has 1 aromatic heterocycles. The van der Waals surface area contributed by atoms with Crippen molar-refractivity contribution in [1.29, 1.82) is 0 Å². The number of rotatable bonds is 2. The molecule has 0 unspecified atom stereocenters. The normalized spacial score (nSPS) is 21.4. The van der Waals surface area contributed by atoms with Gasteiger partial charge in [0, 0.05) is 19.3 Å². The van der Waals surface area contributed by atoms with Gasteiger partial charge in [0.25, 0.3) is 0 Å². The number of pyridine rings is 1. The number of morpholine rings is 1. The molecule has 0 atom stereocenters. The van der Waals surface area contributed by atoms with Crippen LogP contribution in [0.25, 0.3) is 0 Å². The fourth-order valence-corrected chi connectivity index (χ4v) is 3.09. The van der Waals surface area contributed by atoms with E-state index in [0.29, 0.717) is 18.7 Å². The molecule has 116 valence electrons. The van der Waals surface area contributed by atoms with Crippen molar-refractivity contribution in [3.63, 3.8) is 0 Å². The van der Waals surface area contributed by atoms with Crippen molar-refractivity contribution in [1.82, 2.24) is 4.98 Å². The molecule has 0 amide bonds. The van der Waals surface area contributed by atoms with Crippen molar-refractivity contribution in [2.24, 2.45) is 10.9 Å². The SMILES string of the molecule is Cc1ccnc(N2CC(C)(C)OC(C)(C)C2)c1/C(N)=N/O. The third kappa shape index (κ3) is 3.26. The van der Waals surface area contributed by atoms with E-state index in [-0.39, 0.29) is 17.0 Å². The zero-order valence-electron chi connectivity index (χ0n) is 13.3. The number of aryl methyl sites for hydroxylation is 1. The molecule has 0 radical (unpaired) electrons. The molecule has 2 heterocycles. The molecule has 1 aliphatic heterocycles. The number of amidine groups is 1. The summed E-state index contributed by atoms with van der Waals surface area (Å²) in [5, 5.41) is 12.2. The van der Waals surface area contributed by atoms with Gasteiger partial charge < -0.3 is 20.6 Å². The Hall–Kier alpha value is -1.82. The summed E-state index contributed by atoms with van der Waals surface area (Å²) in [6, 6.07) is 1.85. The van der Waals surface area contributed by atoms with Crippen LogP contribution in [0, 0.1) is 6.92 Å². The molecule has 1 aliphatic rings. The Balaban J connectivity index is 2.49.